The Labute approximate surface area is 268 Å². The summed E-state index contributed by atoms with van der Waals surface area (Å²) in [5.74, 6) is -0.248. The van der Waals surface area contributed by atoms with Crippen LogP contribution in [-0.4, -0.2) is 53.7 Å². The molecule has 0 radical (unpaired) electrons. The molecule has 44 heavy (non-hydrogen) atoms. The lowest BCUT2D eigenvalue weighted by Crippen LogP contribution is -2.37. The molecule has 7 nitrogen and oxygen atoms in total. The van der Waals surface area contributed by atoms with E-state index in [1.807, 2.05) is 18.2 Å². The van der Waals surface area contributed by atoms with Gasteiger partial charge in [0.2, 0.25) is 10.0 Å². The molecule has 232 valence electrons. The van der Waals surface area contributed by atoms with E-state index in [1.165, 1.54) is 10.4 Å². The second-order valence-corrected chi connectivity index (χ2v) is 18.3. The van der Waals surface area contributed by atoms with Crippen LogP contribution in [0.1, 0.15) is 74.7 Å². The van der Waals surface area contributed by atoms with Gasteiger partial charge in [0.05, 0.1) is 15.1 Å². The third kappa shape index (κ3) is 5.32. The minimum atomic E-state index is -3.66. The minimum absolute atomic E-state index is 0.00631. The summed E-state index contributed by atoms with van der Waals surface area (Å²) in [6, 6.07) is 15.1. The highest BCUT2D eigenvalue weighted by Crippen LogP contribution is 2.54. The Morgan fingerprint density at radius 3 is 2.52 bits per heavy atom. The van der Waals surface area contributed by atoms with E-state index in [0.717, 1.165) is 64.6 Å². The topological polar surface area (TPSA) is 82.6 Å². The maximum Gasteiger partial charge on any atom is 0.256 e. The number of hydrogen-bond acceptors (Lipinski definition) is 7. The van der Waals surface area contributed by atoms with Gasteiger partial charge in [-0.3, -0.25) is 9.69 Å². The maximum absolute atomic E-state index is 13.8. The molecular formula is C34H40N4O3S3. The van der Waals surface area contributed by atoms with Crippen LogP contribution in [0.15, 0.2) is 53.4 Å². The highest BCUT2D eigenvalue weighted by molar-refractivity contribution is 7.89. The lowest BCUT2D eigenvalue weighted by Gasteiger charge is -2.39. The number of sulfonamides is 1. The lowest BCUT2D eigenvalue weighted by molar-refractivity contribution is 0.102. The summed E-state index contributed by atoms with van der Waals surface area (Å²) in [5, 5.41) is 4.93. The number of thiazole rings is 1. The van der Waals surface area contributed by atoms with Gasteiger partial charge in [0, 0.05) is 47.7 Å². The first kappa shape index (κ1) is 30.0. The van der Waals surface area contributed by atoms with Gasteiger partial charge in [0.15, 0.2) is 0 Å². The summed E-state index contributed by atoms with van der Waals surface area (Å²) in [6.45, 7) is 13.5. The molecule has 2 aliphatic heterocycles. The Balaban J connectivity index is 1.16. The van der Waals surface area contributed by atoms with Crippen LogP contribution in [0.25, 0.3) is 20.8 Å². The van der Waals surface area contributed by atoms with E-state index < -0.39 is 10.0 Å². The Morgan fingerprint density at radius 1 is 1.05 bits per heavy atom. The van der Waals surface area contributed by atoms with Crippen molar-refractivity contribution in [1.29, 1.82) is 0 Å². The third-order valence-corrected chi connectivity index (χ3v) is 13.7. The Bertz CT molecular complexity index is 1820. The predicted molar refractivity (Wildman–Crippen MR) is 180 cm³/mol. The van der Waals surface area contributed by atoms with Crippen molar-refractivity contribution < 1.29 is 13.2 Å². The van der Waals surface area contributed by atoms with Gasteiger partial charge in [-0.05, 0) is 92.3 Å². The van der Waals surface area contributed by atoms with Crippen molar-refractivity contribution in [3.63, 3.8) is 0 Å². The summed E-state index contributed by atoms with van der Waals surface area (Å²) in [6.07, 6.45) is 3.72. The molecule has 10 heteroatoms. The first-order chi connectivity index (χ1) is 20.8. The molecule has 3 aliphatic rings. The fraction of sp³-hybridized carbons (Fsp3) is 0.471. The molecule has 2 atom stereocenters. The Hall–Kier alpha value is -2.63. The summed E-state index contributed by atoms with van der Waals surface area (Å²) in [5.41, 5.74) is 3.83. The van der Waals surface area contributed by atoms with Crippen LogP contribution >= 0.6 is 22.7 Å². The van der Waals surface area contributed by atoms with Crippen LogP contribution in [0.4, 0.5) is 5.00 Å². The lowest BCUT2D eigenvalue weighted by atomic mass is 9.65. The van der Waals surface area contributed by atoms with Gasteiger partial charge in [-0.2, -0.15) is 4.31 Å². The molecule has 7 rings (SSSR count). The van der Waals surface area contributed by atoms with Gasteiger partial charge >= 0.3 is 0 Å². The first-order valence-electron chi connectivity index (χ1n) is 15.5. The highest BCUT2D eigenvalue weighted by Gasteiger charge is 2.53. The molecule has 1 amide bonds. The second kappa shape index (κ2) is 10.7. The van der Waals surface area contributed by atoms with E-state index in [2.05, 4.69) is 50.9 Å². The van der Waals surface area contributed by atoms with Gasteiger partial charge in [-0.25, -0.2) is 13.4 Å². The second-order valence-electron chi connectivity index (χ2n) is 14.3. The van der Waals surface area contributed by atoms with Gasteiger partial charge in [0.1, 0.15) is 10.0 Å². The number of para-hydroxylation sites is 1. The summed E-state index contributed by atoms with van der Waals surface area (Å²) >= 11 is 3.29. The number of hydrogen-bond donors (Lipinski definition) is 1. The zero-order chi connectivity index (χ0) is 31.0. The number of benzene rings is 2. The number of thiophene rings is 1. The molecule has 1 saturated carbocycles. The molecule has 2 fully saturated rings. The number of nitrogens with zero attached hydrogens (tertiary/aromatic N) is 3. The normalized spacial score (nSPS) is 23.7. The Kier molecular flexibility index (Phi) is 7.33. The molecule has 0 spiro atoms. The van der Waals surface area contributed by atoms with E-state index in [1.54, 1.807) is 51.2 Å². The van der Waals surface area contributed by atoms with Crippen LogP contribution in [0.3, 0.4) is 0 Å². The van der Waals surface area contributed by atoms with Crippen LogP contribution in [0, 0.1) is 10.8 Å². The Morgan fingerprint density at radius 2 is 1.80 bits per heavy atom. The van der Waals surface area contributed by atoms with Gasteiger partial charge in [-0.1, -0.05) is 32.9 Å². The van der Waals surface area contributed by atoms with E-state index in [0.29, 0.717) is 18.2 Å². The molecule has 1 N–H and O–H groups in total. The molecule has 4 heterocycles. The van der Waals surface area contributed by atoms with E-state index >= 15 is 0 Å². The maximum atomic E-state index is 13.8. The van der Waals surface area contributed by atoms with Crippen LogP contribution < -0.4 is 5.32 Å². The zero-order valence-corrected chi connectivity index (χ0v) is 28.5. The van der Waals surface area contributed by atoms with Crippen molar-refractivity contribution in [1.82, 2.24) is 14.2 Å². The van der Waals surface area contributed by atoms with Crippen molar-refractivity contribution in [2.75, 3.05) is 18.4 Å². The largest absolute Gasteiger partial charge is 0.313 e. The number of anilines is 1. The number of rotatable bonds is 6. The molecule has 1 saturated heterocycles. The highest BCUT2D eigenvalue weighted by atomic mass is 32.2. The van der Waals surface area contributed by atoms with E-state index in [4.69, 9.17) is 4.98 Å². The fourth-order valence-corrected chi connectivity index (χ4v) is 12.1. The van der Waals surface area contributed by atoms with E-state index in [-0.39, 0.29) is 27.7 Å². The van der Waals surface area contributed by atoms with Crippen molar-refractivity contribution in [3.8, 4) is 10.6 Å². The molecular weight excluding hydrogens is 609 g/mol. The minimum Gasteiger partial charge on any atom is -0.313 e. The van der Waals surface area contributed by atoms with Crippen molar-refractivity contribution >= 4 is 53.8 Å². The number of carbonyl (C=O) groups is 1. The zero-order valence-electron chi connectivity index (χ0n) is 26.0. The quantitative estimate of drug-likeness (QED) is 0.233. The monoisotopic (exact) mass is 648 g/mol. The molecule has 2 aromatic carbocycles. The molecule has 2 bridgehead atoms. The average Bonchev–Trinajstić information content (AvgIpc) is 3.62. The molecule has 2 aromatic heterocycles. The fourth-order valence-electron chi connectivity index (χ4n) is 7.94. The number of amides is 1. The number of nitrogens with one attached hydrogen (secondary N) is 1. The average molecular weight is 649 g/mol. The van der Waals surface area contributed by atoms with Crippen molar-refractivity contribution in [2.24, 2.45) is 10.8 Å². The standard InChI is InChI=1S/C34H40N4O3S3/c1-21(2)37-15-14-25-28(18-37)43-32(29(25)31-35-26-8-6-7-9-27(26)42-31)36-30(39)22-10-12-24(13-11-22)44(40,41)38-20-34(5)17-23(38)16-33(3,4)19-34/h6-13,21,23H,14-20H2,1-5H3,(H,36,39). The molecule has 4 aromatic rings. The van der Waals surface area contributed by atoms with Crippen molar-refractivity contribution in [2.45, 2.75) is 83.8 Å². The van der Waals surface area contributed by atoms with E-state index in [9.17, 15) is 13.2 Å². The number of fused-ring (bicyclic) bond motifs is 4. The smallest absolute Gasteiger partial charge is 0.256 e. The van der Waals surface area contributed by atoms with Gasteiger partial charge in [-0.15, -0.1) is 22.7 Å². The first-order valence-corrected chi connectivity index (χ1v) is 18.6. The number of carbonyl (C=O) groups excluding carboxylic acids is 1. The summed E-state index contributed by atoms with van der Waals surface area (Å²) in [4.78, 5) is 22.6. The number of aromatic nitrogens is 1. The summed E-state index contributed by atoms with van der Waals surface area (Å²) < 4.78 is 30.4. The van der Waals surface area contributed by atoms with Gasteiger partial charge in [0.25, 0.3) is 5.91 Å². The van der Waals surface area contributed by atoms with Crippen LogP contribution in [0.2, 0.25) is 0 Å². The third-order valence-electron chi connectivity index (χ3n) is 9.64. The van der Waals surface area contributed by atoms with Crippen LogP contribution in [0.5, 0.6) is 0 Å². The molecule has 2 unspecified atom stereocenters. The van der Waals surface area contributed by atoms with Crippen LogP contribution in [-0.2, 0) is 23.0 Å². The SMILES string of the molecule is CC(C)N1CCc2c(sc(NC(=O)c3ccc(S(=O)(=O)N4CC5(C)CC4CC(C)(C)C5)cc3)c2-c2nc3ccccc3s2)C1. The van der Waals surface area contributed by atoms with Crippen molar-refractivity contribution in [3.05, 3.63) is 64.5 Å². The van der Waals surface area contributed by atoms with Gasteiger partial charge < -0.3 is 5.32 Å². The molecule has 1 aliphatic carbocycles. The summed E-state index contributed by atoms with van der Waals surface area (Å²) in [7, 11) is -3.66. The predicted octanol–water partition coefficient (Wildman–Crippen LogP) is 7.63.